The molecule has 1 aliphatic rings. The monoisotopic (exact) mass is 460 g/mol. The molecular weight excluding hydrogens is 432 g/mol. The predicted octanol–water partition coefficient (Wildman–Crippen LogP) is 4.66. The Kier molecular flexibility index (Phi) is 8.07. The van der Waals surface area contributed by atoms with Crippen LogP contribution in [0.1, 0.15) is 43.2 Å². The van der Waals surface area contributed by atoms with E-state index in [1.807, 2.05) is 24.3 Å². The number of alkyl halides is 3. The van der Waals surface area contributed by atoms with Crippen LogP contribution in [-0.2, 0) is 22.2 Å². The van der Waals surface area contributed by atoms with Gasteiger partial charge in [0.25, 0.3) is 0 Å². The summed E-state index contributed by atoms with van der Waals surface area (Å²) in [5, 5.41) is 13.1. The predicted molar refractivity (Wildman–Crippen MR) is 120 cm³/mol. The number of aliphatic carboxylic acids is 1. The van der Waals surface area contributed by atoms with E-state index in [9.17, 15) is 27.8 Å². The summed E-state index contributed by atoms with van der Waals surface area (Å²) in [5.41, 5.74) is 6.77. The standard InChI is InChI=1S/C24H28BF3N2O3/c26-24(27,28)18-9-7-16(8-10-18)21-6-2-1-5-17(21)15-30-20-13-19(14-20)23(29,22(31)32)11-3-4-12-25-33/h1-2,5-10,19-20,30H,3-4,11-15,29H2,(H,31,32). The van der Waals surface area contributed by atoms with E-state index in [0.717, 1.165) is 30.4 Å². The minimum absolute atomic E-state index is 0.118. The molecule has 33 heavy (non-hydrogen) atoms. The second-order valence-electron chi connectivity index (χ2n) is 8.74. The van der Waals surface area contributed by atoms with E-state index in [2.05, 4.69) is 5.32 Å². The molecule has 0 saturated heterocycles. The van der Waals surface area contributed by atoms with Gasteiger partial charge in [0.15, 0.2) is 0 Å². The normalized spacial score (nSPS) is 19.9. The number of nitrogens with two attached hydrogens (primary N) is 1. The van der Waals surface area contributed by atoms with Gasteiger partial charge in [-0.15, -0.1) is 0 Å². The van der Waals surface area contributed by atoms with Gasteiger partial charge in [-0.05, 0) is 17.7 Å². The van der Waals surface area contributed by atoms with Gasteiger partial charge < -0.3 is 0 Å². The van der Waals surface area contributed by atoms with Crippen molar-refractivity contribution in [3.05, 3.63) is 59.7 Å². The first kappa shape index (κ1) is 25.1. The molecule has 0 radical (unpaired) electrons. The number of benzene rings is 2. The van der Waals surface area contributed by atoms with Gasteiger partial charge >= 0.3 is 125 Å². The van der Waals surface area contributed by atoms with Crippen molar-refractivity contribution in [3.63, 3.8) is 0 Å². The van der Waals surface area contributed by atoms with Crippen LogP contribution in [0.3, 0.4) is 0 Å². The zero-order chi connectivity index (χ0) is 24.1. The zero-order valence-electron chi connectivity index (χ0n) is 18.3. The van der Waals surface area contributed by atoms with E-state index in [1.165, 1.54) is 12.1 Å². The summed E-state index contributed by atoms with van der Waals surface area (Å²) in [4.78, 5) is 11.8. The Balaban J connectivity index is 1.59. The second kappa shape index (κ2) is 10.6. The number of hydrogen-bond donors (Lipinski definition) is 3. The number of carboxylic acids is 1. The molecule has 0 heterocycles. The fourth-order valence-corrected chi connectivity index (χ4v) is 4.39. The van der Waals surface area contributed by atoms with Gasteiger partial charge in [-0.1, -0.05) is 30.3 Å². The first-order chi connectivity index (χ1) is 15.6. The number of rotatable bonds is 11. The Labute approximate surface area is 191 Å². The fraction of sp³-hybridized carbons (Fsp3) is 0.458. The van der Waals surface area contributed by atoms with Crippen LogP contribution in [0.4, 0.5) is 13.2 Å². The summed E-state index contributed by atoms with van der Waals surface area (Å²) >= 11 is 0. The fourth-order valence-electron chi connectivity index (χ4n) is 4.39. The molecule has 5 nitrogen and oxygen atoms in total. The van der Waals surface area contributed by atoms with Gasteiger partial charge in [0.2, 0.25) is 0 Å². The molecular formula is C24H28BF3N2O3. The third-order valence-electron chi connectivity index (χ3n) is 6.55. The Hall–Kier alpha value is -2.52. The van der Waals surface area contributed by atoms with Crippen LogP contribution in [0.5, 0.6) is 0 Å². The van der Waals surface area contributed by atoms with E-state index in [1.54, 1.807) is 0 Å². The first-order valence-electron chi connectivity index (χ1n) is 11.1. The van der Waals surface area contributed by atoms with Crippen molar-refractivity contribution in [2.45, 2.75) is 62.7 Å². The number of halogens is 3. The first-order valence-corrected chi connectivity index (χ1v) is 11.1. The van der Waals surface area contributed by atoms with Crippen molar-refractivity contribution >= 4 is 13.1 Å². The van der Waals surface area contributed by atoms with Gasteiger partial charge in [-0.25, -0.2) is 0 Å². The van der Waals surface area contributed by atoms with Crippen LogP contribution in [0.15, 0.2) is 48.5 Å². The second-order valence-corrected chi connectivity index (χ2v) is 8.74. The Morgan fingerprint density at radius 2 is 1.76 bits per heavy atom. The molecule has 1 atom stereocenters. The van der Waals surface area contributed by atoms with E-state index in [-0.39, 0.29) is 12.0 Å². The van der Waals surface area contributed by atoms with Crippen LogP contribution in [0.25, 0.3) is 11.1 Å². The molecule has 176 valence electrons. The molecule has 4 N–H and O–H groups in total. The molecule has 0 amide bonds. The van der Waals surface area contributed by atoms with Gasteiger partial charge in [0.1, 0.15) is 0 Å². The van der Waals surface area contributed by atoms with E-state index in [0.29, 0.717) is 50.5 Å². The SMILES string of the molecule is NC(CCCCB=O)(C(=O)O)C1CC(NCc2ccccc2-c2ccc(C(F)(F)F)cc2)C1. The minimum atomic E-state index is -4.37. The molecule has 2 aromatic carbocycles. The van der Waals surface area contributed by atoms with Gasteiger partial charge in [-0.2, -0.15) is 13.2 Å². The number of carboxylic acid groups (broad SMARTS) is 1. The van der Waals surface area contributed by atoms with Crippen molar-refractivity contribution in [2.24, 2.45) is 11.7 Å². The molecule has 1 aliphatic carbocycles. The summed E-state index contributed by atoms with van der Waals surface area (Å²) in [6, 6.07) is 12.7. The Morgan fingerprint density at radius 1 is 1.09 bits per heavy atom. The molecule has 0 aromatic heterocycles. The van der Waals surface area contributed by atoms with Crippen molar-refractivity contribution in [1.29, 1.82) is 0 Å². The van der Waals surface area contributed by atoms with Gasteiger partial charge in [-0.3, -0.25) is 0 Å². The summed E-state index contributed by atoms with van der Waals surface area (Å²) in [7, 11) is 0.824. The van der Waals surface area contributed by atoms with Crippen LogP contribution in [0, 0.1) is 5.92 Å². The summed E-state index contributed by atoms with van der Waals surface area (Å²) in [5.74, 6) is -1.15. The van der Waals surface area contributed by atoms with Gasteiger partial charge in [0, 0.05) is 0 Å². The van der Waals surface area contributed by atoms with Crippen molar-refractivity contribution in [1.82, 2.24) is 5.32 Å². The Bertz CT molecular complexity index is 962. The van der Waals surface area contributed by atoms with Crippen molar-refractivity contribution in [3.8, 4) is 11.1 Å². The third kappa shape index (κ3) is 6.09. The number of nitrogens with one attached hydrogen (secondary N) is 1. The van der Waals surface area contributed by atoms with Crippen molar-refractivity contribution in [2.75, 3.05) is 0 Å². The topological polar surface area (TPSA) is 92.4 Å². The van der Waals surface area contributed by atoms with Crippen LogP contribution in [0.2, 0.25) is 6.32 Å². The van der Waals surface area contributed by atoms with Crippen molar-refractivity contribution < 1.29 is 27.8 Å². The molecule has 3 rings (SSSR count). The maximum atomic E-state index is 12.9. The molecule has 1 saturated carbocycles. The summed E-state index contributed by atoms with van der Waals surface area (Å²) < 4.78 is 49.0. The zero-order valence-corrected chi connectivity index (χ0v) is 18.3. The maximum absolute atomic E-state index is 12.9. The van der Waals surface area contributed by atoms with Crippen LogP contribution < -0.4 is 11.1 Å². The van der Waals surface area contributed by atoms with Gasteiger partial charge in [0.05, 0.1) is 5.56 Å². The third-order valence-corrected chi connectivity index (χ3v) is 6.55. The average molecular weight is 460 g/mol. The molecule has 2 aromatic rings. The molecule has 1 fully saturated rings. The number of hydrogen-bond acceptors (Lipinski definition) is 4. The molecule has 0 aliphatic heterocycles. The number of unbranched alkanes of at least 4 members (excludes halogenated alkanes) is 1. The molecule has 9 heteroatoms. The summed E-state index contributed by atoms with van der Waals surface area (Å²) in [6.45, 7) is 0.512. The molecule has 0 bridgehead atoms. The molecule has 0 spiro atoms. The molecule has 1 unspecified atom stereocenters. The summed E-state index contributed by atoms with van der Waals surface area (Å²) in [6.07, 6.45) is -1.13. The Morgan fingerprint density at radius 3 is 2.36 bits per heavy atom. The van der Waals surface area contributed by atoms with E-state index < -0.39 is 23.2 Å². The van der Waals surface area contributed by atoms with E-state index >= 15 is 0 Å². The number of carbonyl (C=O) groups is 1. The van der Waals surface area contributed by atoms with E-state index in [4.69, 9.17) is 5.73 Å². The van der Waals surface area contributed by atoms with Crippen LogP contribution >= 0.6 is 0 Å². The average Bonchev–Trinajstić information content (AvgIpc) is 2.75. The quantitative estimate of drug-likeness (QED) is 0.335. The van der Waals surface area contributed by atoms with Crippen LogP contribution in [-0.4, -0.2) is 29.8 Å².